The fourth-order valence-electron chi connectivity index (χ4n) is 2.62. The lowest BCUT2D eigenvalue weighted by Gasteiger charge is -2.21. The number of hydrogen-bond donors (Lipinski definition) is 2. The van der Waals surface area contributed by atoms with Crippen molar-refractivity contribution in [1.29, 1.82) is 0 Å². The van der Waals surface area contributed by atoms with Gasteiger partial charge in [-0.3, -0.25) is 0 Å². The summed E-state index contributed by atoms with van der Waals surface area (Å²) in [4.78, 5) is 11.9. The van der Waals surface area contributed by atoms with Crippen LogP contribution in [0, 0.1) is 0 Å². The molecule has 1 fully saturated rings. The second kappa shape index (κ2) is 7.82. The molecule has 1 aliphatic carbocycles. The van der Waals surface area contributed by atoms with E-state index >= 15 is 0 Å². The third-order valence-electron chi connectivity index (χ3n) is 3.74. The Morgan fingerprint density at radius 2 is 1.63 bits per heavy atom. The van der Waals surface area contributed by atoms with E-state index in [1.165, 1.54) is 32.1 Å². The molecule has 0 aromatic heterocycles. The van der Waals surface area contributed by atoms with Crippen LogP contribution in [0.1, 0.15) is 50.5 Å². The van der Waals surface area contributed by atoms with E-state index in [0.29, 0.717) is 12.6 Å². The zero-order valence-electron chi connectivity index (χ0n) is 11.5. The highest BCUT2D eigenvalue weighted by Crippen LogP contribution is 2.16. The van der Waals surface area contributed by atoms with Gasteiger partial charge in [-0.25, -0.2) is 4.79 Å². The van der Waals surface area contributed by atoms with Crippen LogP contribution in [-0.4, -0.2) is 12.1 Å². The van der Waals surface area contributed by atoms with Gasteiger partial charge in [0.25, 0.3) is 0 Å². The van der Waals surface area contributed by atoms with E-state index in [4.69, 9.17) is 0 Å². The van der Waals surface area contributed by atoms with Crippen LogP contribution in [0.15, 0.2) is 30.3 Å². The van der Waals surface area contributed by atoms with Gasteiger partial charge in [0, 0.05) is 12.6 Å². The topological polar surface area (TPSA) is 41.1 Å². The van der Waals surface area contributed by atoms with Gasteiger partial charge >= 0.3 is 6.03 Å². The first-order chi connectivity index (χ1) is 9.34. The van der Waals surface area contributed by atoms with Crippen molar-refractivity contribution in [2.24, 2.45) is 0 Å². The summed E-state index contributed by atoms with van der Waals surface area (Å²) in [5.41, 5.74) is 1.13. The molecule has 0 bridgehead atoms. The normalized spacial score (nSPS) is 17.3. The average Bonchev–Trinajstić information content (AvgIpc) is 2.41. The van der Waals surface area contributed by atoms with Crippen LogP contribution in [-0.2, 0) is 6.54 Å². The third-order valence-corrected chi connectivity index (χ3v) is 3.74. The summed E-state index contributed by atoms with van der Waals surface area (Å²) in [7, 11) is 0. The summed E-state index contributed by atoms with van der Waals surface area (Å²) in [5, 5.41) is 6.04. The quantitative estimate of drug-likeness (QED) is 0.856. The van der Waals surface area contributed by atoms with Crippen molar-refractivity contribution in [1.82, 2.24) is 10.6 Å². The van der Waals surface area contributed by atoms with Crippen LogP contribution in [0.25, 0.3) is 0 Å². The summed E-state index contributed by atoms with van der Waals surface area (Å²) in [6.07, 6.45) is 8.70. The third kappa shape index (κ3) is 5.33. The van der Waals surface area contributed by atoms with Crippen LogP contribution in [0.2, 0.25) is 0 Å². The Hall–Kier alpha value is -1.51. The van der Waals surface area contributed by atoms with Gasteiger partial charge in [-0.2, -0.15) is 0 Å². The van der Waals surface area contributed by atoms with Crippen molar-refractivity contribution >= 4 is 6.03 Å². The molecule has 1 aromatic carbocycles. The molecule has 2 N–H and O–H groups in total. The van der Waals surface area contributed by atoms with Crippen LogP contribution in [0.5, 0.6) is 0 Å². The average molecular weight is 260 g/mol. The number of carbonyl (C=O) groups excluding carboxylic acids is 1. The van der Waals surface area contributed by atoms with E-state index in [1.807, 2.05) is 30.3 Å². The van der Waals surface area contributed by atoms with Gasteiger partial charge < -0.3 is 10.6 Å². The van der Waals surface area contributed by atoms with E-state index in [-0.39, 0.29) is 6.03 Å². The molecule has 0 saturated heterocycles. The number of benzene rings is 1. The zero-order valence-corrected chi connectivity index (χ0v) is 11.5. The number of carbonyl (C=O) groups is 1. The molecule has 0 unspecified atom stereocenters. The standard InChI is InChI=1S/C16H24N2O/c19-16(17-13-14-9-5-4-6-10-14)18-15-11-7-2-1-3-8-12-15/h4-6,9-10,15H,1-3,7-8,11-13H2,(H2,17,18,19). The van der Waals surface area contributed by atoms with Crippen LogP contribution in [0.4, 0.5) is 4.79 Å². The summed E-state index contributed by atoms with van der Waals surface area (Å²) >= 11 is 0. The second-order valence-corrected chi connectivity index (χ2v) is 5.35. The lowest BCUT2D eigenvalue weighted by atomic mass is 9.97. The summed E-state index contributed by atoms with van der Waals surface area (Å²) < 4.78 is 0. The molecule has 3 heteroatoms. The predicted molar refractivity (Wildman–Crippen MR) is 77.9 cm³/mol. The highest BCUT2D eigenvalue weighted by molar-refractivity contribution is 5.74. The fraction of sp³-hybridized carbons (Fsp3) is 0.562. The Morgan fingerprint density at radius 3 is 2.32 bits per heavy atom. The molecule has 0 heterocycles. The van der Waals surface area contributed by atoms with Gasteiger partial charge in [0.05, 0.1) is 0 Å². The van der Waals surface area contributed by atoms with Crippen molar-refractivity contribution < 1.29 is 4.79 Å². The smallest absolute Gasteiger partial charge is 0.315 e. The molecule has 19 heavy (non-hydrogen) atoms. The van der Waals surface area contributed by atoms with Gasteiger partial charge in [-0.05, 0) is 18.4 Å². The number of hydrogen-bond acceptors (Lipinski definition) is 1. The van der Waals surface area contributed by atoms with Crippen LogP contribution >= 0.6 is 0 Å². The molecule has 3 nitrogen and oxygen atoms in total. The first-order valence-electron chi connectivity index (χ1n) is 7.43. The molecule has 0 spiro atoms. The van der Waals surface area contributed by atoms with Gasteiger partial charge in [-0.15, -0.1) is 0 Å². The Balaban J connectivity index is 1.71. The van der Waals surface area contributed by atoms with Gasteiger partial charge in [0.1, 0.15) is 0 Å². The number of nitrogens with one attached hydrogen (secondary N) is 2. The lowest BCUT2D eigenvalue weighted by molar-refractivity contribution is 0.233. The molecule has 1 saturated carbocycles. The molecule has 1 aromatic rings. The maximum absolute atomic E-state index is 11.9. The minimum Gasteiger partial charge on any atom is -0.335 e. The van der Waals surface area contributed by atoms with Gasteiger partial charge in [0.2, 0.25) is 0 Å². The number of urea groups is 1. The monoisotopic (exact) mass is 260 g/mol. The Bertz CT molecular complexity index is 370. The van der Waals surface area contributed by atoms with Crippen LogP contribution in [0.3, 0.4) is 0 Å². The maximum Gasteiger partial charge on any atom is 0.315 e. The lowest BCUT2D eigenvalue weighted by Crippen LogP contribution is -2.42. The molecular formula is C16H24N2O. The van der Waals surface area contributed by atoms with E-state index in [2.05, 4.69) is 10.6 Å². The van der Waals surface area contributed by atoms with E-state index in [9.17, 15) is 4.79 Å². The van der Waals surface area contributed by atoms with E-state index in [1.54, 1.807) is 0 Å². The highest BCUT2D eigenvalue weighted by atomic mass is 16.2. The minimum absolute atomic E-state index is 0.0329. The molecule has 104 valence electrons. The molecule has 2 amide bonds. The zero-order chi connectivity index (χ0) is 13.3. The van der Waals surface area contributed by atoms with Crippen molar-refractivity contribution in [2.75, 3.05) is 0 Å². The second-order valence-electron chi connectivity index (χ2n) is 5.35. The predicted octanol–water partition coefficient (Wildman–Crippen LogP) is 3.60. The summed E-state index contributed by atoms with van der Waals surface area (Å²) in [6, 6.07) is 10.3. The molecule has 2 rings (SSSR count). The molecule has 0 aliphatic heterocycles. The fourth-order valence-corrected chi connectivity index (χ4v) is 2.62. The molecular weight excluding hydrogens is 236 g/mol. The Morgan fingerprint density at radius 1 is 1.00 bits per heavy atom. The molecule has 0 radical (unpaired) electrons. The highest BCUT2D eigenvalue weighted by Gasteiger charge is 2.13. The van der Waals surface area contributed by atoms with Crippen molar-refractivity contribution in [3.8, 4) is 0 Å². The first-order valence-corrected chi connectivity index (χ1v) is 7.43. The number of rotatable bonds is 3. The van der Waals surface area contributed by atoms with Crippen molar-refractivity contribution in [3.63, 3.8) is 0 Å². The van der Waals surface area contributed by atoms with E-state index < -0.39 is 0 Å². The Labute approximate surface area is 115 Å². The molecule has 0 atom stereocenters. The first kappa shape index (κ1) is 13.9. The maximum atomic E-state index is 11.9. The Kier molecular flexibility index (Phi) is 5.73. The SMILES string of the molecule is O=C(NCc1ccccc1)NC1CCCCCCC1. The molecule has 1 aliphatic rings. The van der Waals surface area contributed by atoms with Crippen LogP contribution < -0.4 is 10.6 Å². The van der Waals surface area contributed by atoms with Crippen molar-refractivity contribution in [3.05, 3.63) is 35.9 Å². The van der Waals surface area contributed by atoms with E-state index in [0.717, 1.165) is 18.4 Å². The van der Waals surface area contributed by atoms with Crippen molar-refractivity contribution in [2.45, 2.75) is 57.5 Å². The van der Waals surface area contributed by atoms with Gasteiger partial charge in [-0.1, -0.05) is 62.4 Å². The largest absolute Gasteiger partial charge is 0.335 e. The van der Waals surface area contributed by atoms with Gasteiger partial charge in [0.15, 0.2) is 0 Å². The summed E-state index contributed by atoms with van der Waals surface area (Å²) in [5.74, 6) is 0. The summed E-state index contributed by atoms with van der Waals surface area (Å²) in [6.45, 7) is 0.597. The minimum atomic E-state index is -0.0329. The number of amides is 2.